The molecule has 4 aliphatic carbocycles. The number of Topliss-reactive ketones (excluding diaryl/α,β-unsaturated/α-hetero) is 1. The Morgan fingerprint density at radius 1 is 0.957 bits per heavy atom. The first-order chi connectivity index (χ1) is 22.4. The van der Waals surface area contributed by atoms with E-state index in [2.05, 4.69) is 86.4 Å². The van der Waals surface area contributed by atoms with Crippen molar-refractivity contribution in [3.63, 3.8) is 0 Å². The van der Waals surface area contributed by atoms with Gasteiger partial charge < -0.3 is 14.4 Å². The van der Waals surface area contributed by atoms with Gasteiger partial charge in [0.2, 0.25) is 5.91 Å². The van der Waals surface area contributed by atoms with E-state index in [4.69, 9.17) is 4.74 Å². The first kappa shape index (κ1) is 33.5. The van der Waals surface area contributed by atoms with Gasteiger partial charge in [-0.3, -0.25) is 9.48 Å². The summed E-state index contributed by atoms with van der Waals surface area (Å²) in [5.41, 5.74) is 6.14. The third-order valence-corrected chi connectivity index (χ3v) is 12.0. The summed E-state index contributed by atoms with van der Waals surface area (Å²) < 4.78 is 7.58. The summed E-state index contributed by atoms with van der Waals surface area (Å²) >= 11 is 0. The van der Waals surface area contributed by atoms with Gasteiger partial charge in [-0.1, -0.05) is 24.3 Å². The molecule has 2 aromatic carbocycles. The molecule has 0 saturated heterocycles. The highest BCUT2D eigenvalue weighted by molar-refractivity contribution is 5.96. The van der Waals surface area contributed by atoms with Crippen molar-refractivity contribution in [1.82, 2.24) is 9.78 Å². The molecule has 0 unspecified atom stereocenters. The highest BCUT2D eigenvalue weighted by Crippen LogP contribution is 2.58. The Hall–Kier alpha value is -3.41. The van der Waals surface area contributed by atoms with Crippen LogP contribution >= 0.6 is 0 Å². The van der Waals surface area contributed by atoms with Gasteiger partial charge >= 0.3 is 0 Å². The van der Waals surface area contributed by atoms with Gasteiger partial charge in [-0.25, -0.2) is 0 Å². The second-order valence-corrected chi connectivity index (χ2v) is 16.2. The van der Waals surface area contributed by atoms with Gasteiger partial charge in [0.05, 0.1) is 18.8 Å². The van der Waals surface area contributed by atoms with E-state index in [-0.39, 0.29) is 28.1 Å². The molecule has 1 aromatic heterocycles. The molecule has 0 spiro atoms. The topological polar surface area (TPSA) is 64.4 Å². The van der Waals surface area contributed by atoms with Crippen molar-refractivity contribution in [1.29, 1.82) is 0 Å². The van der Waals surface area contributed by atoms with Crippen molar-refractivity contribution in [3.05, 3.63) is 66.0 Å². The number of rotatable bonds is 10. The van der Waals surface area contributed by atoms with Crippen LogP contribution in [0.25, 0.3) is 11.1 Å². The summed E-state index contributed by atoms with van der Waals surface area (Å²) in [6.07, 6.45) is 16.6. The van der Waals surface area contributed by atoms with Gasteiger partial charge in [0.25, 0.3) is 0 Å². The fourth-order valence-electron chi connectivity index (χ4n) is 8.79. The maximum absolute atomic E-state index is 14.6. The summed E-state index contributed by atoms with van der Waals surface area (Å²) in [5, 5.41) is 4.66. The number of ketones is 1. The van der Waals surface area contributed by atoms with Crippen molar-refractivity contribution in [3.8, 4) is 16.9 Å². The van der Waals surface area contributed by atoms with Gasteiger partial charge in [0.1, 0.15) is 11.5 Å². The van der Waals surface area contributed by atoms with Gasteiger partial charge in [0, 0.05) is 36.3 Å². The number of aryl methyl sites for hydroxylation is 1. The Bertz CT molecular complexity index is 1560. The summed E-state index contributed by atoms with van der Waals surface area (Å²) in [6, 6.07) is 15.4. The molecule has 4 aliphatic rings. The number of ether oxygens (including phenoxy) is 1. The molecule has 2 bridgehead atoms. The van der Waals surface area contributed by atoms with Crippen LogP contribution in [0, 0.1) is 24.2 Å². The number of hydrogen-bond acceptors (Lipinski definition) is 4. The number of aromatic nitrogens is 2. The zero-order valence-corrected chi connectivity index (χ0v) is 29.6. The second kappa shape index (κ2) is 13.2. The Morgan fingerprint density at radius 2 is 1.66 bits per heavy atom. The van der Waals surface area contributed by atoms with E-state index >= 15 is 0 Å². The smallest absolute Gasteiger partial charge is 0.230 e. The zero-order chi connectivity index (χ0) is 33.4. The highest BCUT2D eigenvalue weighted by atomic mass is 16.5. The first-order valence-corrected chi connectivity index (χ1v) is 18.0. The van der Waals surface area contributed by atoms with Crippen LogP contribution < -0.4 is 9.64 Å². The van der Waals surface area contributed by atoms with Crippen LogP contribution in [0.3, 0.4) is 0 Å². The third-order valence-electron chi connectivity index (χ3n) is 12.0. The van der Waals surface area contributed by atoms with Crippen molar-refractivity contribution in [2.45, 2.75) is 123 Å². The number of nitrogens with zero attached hydrogens (tertiary/aromatic N) is 3. The molecule has 0 radical (unpaired) electrons. The Kier molecular flexibility index (Phi) is 9.43. The SMILES string of the molecule is COc1ccc(C23CCC(CN(C(=O)C4CCC(CCC(C)=O)CC4)c4cccc(-c5cnn(C(C)(C)C)c5)c4)(CC2)CC3)cc1C. The molecule has 0 N–H and O–H groups in total. The van der Waals surface area contributed by atoms with Crippen LogP contribution in [0.4, 0.5) is 5.69 Å². The lowest BCUT2D eigenvalue weighted by Gasteiger charge is -2.55. The molecular weight excluding hydrogens is 582 g/mol. The fraction of sp³-hybridized carbons (Fsp3) is 0.585. The monoisotopic (exact) mass is 637 g/mol. The molecule has 4 saturated carbocycles. The summed E-state index contributed by atoms with van der Waals surface area (Å²) in [7, 11) is 1.75. The average molecular weight is 638 g/mol. The van der Waals surface area contributed by atoms with E-state index in [1.54, 1.807) is 14.0 Å². The molecule has 3 aromatic rings. The van der Waals surface area contributed by atoms with Crippen LogP contribution in [0.15, 0.2) is 54.9 Å². The van der Waals surface area contributed by atoms with Crippen molar-refractivity contribution in [2.75, 3.05) is 18.6 Å². The second-order valence-electron chi connectivity index (χ2n) is 16.2. The molecule has 1 amide bonds. The minimum Gasteiger partial charge on any atom is -0.496 e. The predicted molar refractivity (Wildman–Crippen MR) is 190 cm³/mol. The number of carbonyl (C=O) groups excluding carboxylic acids is 2. The minimum atomic E-state index is -0.0953. The van der Waals surface area contributed by atoms with Crippen LogP contribution in [0.2, 0.25) is 0 Å². The number of anilines is 1. The first-order valence-electron chi connectivity index (χ1n) is 18.0. The number of carbonyl (C=O) groups is 2. The molecule has 1 heterocycles. The van der Waals surface area contributed by atoms with Crippen LogP contribution in [-0.4, -0.2) is 35.1 Å². The lowest BCUT2D eigenvalue weighted by molar-refractivity contribution is -0.124. The molecule has 252 valence electrons. The Morgan fingerprint density at radius 3 is 2.26 bits per heavy atom. The third kappa shape index (κ3) is 7.07. The van der Waals surface area contributed by atoms with Crippen LogP contribution in [0.1, 0.15) is 116 Å². The molecule has 0 aliphatic heterocycles. The van der Waals surface area contributed by atoms with E-state index in [9.17, 15) is 9.59 Å². The standard InChI is InChI=1S/C41H55N3O3/c1-29-24-35(16-17-37(29)47-6)41-21-18-40(19-22-41,20-23-41)28-43(38(46)32-14-12-31(13-15-32)11-10-30(2)45)36-9-7-8-33(25-36)34-26-42-44(27-34)39(3,4)5/h7-9,16-17,24-27,31-32H,10-15,18-23,28H2,1-6H3. The molecule has 6 nitrogen and oxygen atoms in total. The van der Waals surface area contributed by atoms with Crippen molar-refractivity contribution in [2.24, 2.45) is 17.3 Å². The number of fused-ring (bicyclic) bond motifs is 3. The van der Waals surface area contributed by atoms with Gasteiger partial charge in [-0.15, -0.1) is 0 Å². The van der Waals surface area contributed by atoms with Crippen LogP contribution in [0.5, 0.6) is 5.75 Å². The van der Waals surface area contributed by atoms with Gasteiger partial charge in [0.15, 0.2) is 0 Å². The lowest BCUT2D eigenvalue weighted by Crippen LogP contribution is -2.51. The normalized spacial score (nSPS) is 25.8. The zero-order valence-electron chi connectivity index (χ0n) is 29.6. The average Bonchev–Trinajstić information content (AvgIpc) is 3.59. The summed E-state index contributed by atoms with van der Waals surface area (Å²) in [6.45, 7) is 11.1. The van der Waals surface area contributed by atoms with Crippen molar-refractivity contribution >= 4 is 17.4 Å². The maximum Gasteiger partial charge on any atom is 0.230 e. The quantitative estimate of drug-likeness (QED) is 0.222. The van der Waals surface area contributed by atoms with E-state index in [1.165, 1.54) is 30.4 Å². The molecule has 47 heavy (non-hydrogen) atoms. The largest absolute Gasteiger partial charge is 0.496 e. The minimum absolute atomic E-state index is 0.0424. The Labute approximate surface area is 282 Å². The molecule has 7 rings (SSSR count). The summed E-state index contributed by atoms with van der Waals surface area (Å²) in [5.74, 6) is 2.12. The van der Waals surface area contributed by atoms with E-state index in [1.807, 2.05) is 10.9 Å². The number of hydrogen-bond donors (Lipinski definition) is 0. The fourth-order valence-corrected chi connectivity index (χ4v) is 8.79. The molecule has 4 fully saturated rings. The number of methoxy groups -OCH3 is 1. The maximum atomic E-state index is 14.6. The molecular formula is C41H55N3O3. The number of amides is 1. The van der Waals surface area contributed by atoms with Crippen molar-refractivity contribution < 1.29 is 14.3 Å². The lowest BCUT2D eigenvalue weighted by atomic mass is 9.51. The summed E-state index contributed by atoms with van der Waals surface area (Å²) in [4.78, 5) is 28.4. The van der Waals surface area contributed by atoms with Gasteiger partial charge in [-0.05, 0) is 157 Å². The molecule has 6 heteroatoms. The van der Waals surface area contributed by atoms with Gasteiger partial charge in [-0.2, -0.15) is 5.10 Å². The van der Waals surface area contributed by atoms with Crippen LogP contribution in [-0.2, 0) is 20.5 Å². The number of benzene rings is 2. The van der Waals surface area contributed by atoms with E-state index < -0.39 is 0 Å². The van der Waals surface area contributed by atoms with E-state index in [0.717, 1.165) is 80.5 Å². The van der Waals surface area contributed by atoms with E-state index in [0.29, 0.717) is 18.2 Å². The predicted octanol–water partition coefficient (Wildman–Crippen LogP) is 9.42. The molecule has 0 atom stereocenters. The highest BCUT2D eigenvalue weighted by Gasteiger charge is 2.50. The Balaban J connectivity index is 1.24.